The van der Waals surface area contributed by atoms with Crippen LogP contribution in [0.25, 0.3) is 0 Å². The molecule has 0 aliphatic rings. The van der Waals surface area contributed by atoms with Crippen molar-refractivity contribution in [1.29, 1.82) is 0 Å². The van der Waals surface area contributed by atoms with Crippen molar-refractivity contribution in [2.75, 3.05) is 13.2 Å². The molecule has 0 aliphatic carbocycles. The zero-order chi connectivity index (χ0) is 48.4. The Bertz CT molecular complexity index is 1020. The van der Waals surface area contributed by atoms with Crippen LogP contribution in [0.3, 0.4) is 0 Å². The number of carbonyl (C=O) groups excluding carboxylic acids is 3. The van der Waals surface area contributed by atoms with Gasteiger partial charge in [0, 0.05) is 19.3 Å². The van der Waals surface area contributed by atoms with E-state index in [1.807, 2.05) is 0 Å². The summed E-state index contributed by atoms with van der Waals surface area (Å²) in [6.45, 7) is 13.8. The second-order valence-corrected chi connectivity index (χ2v) is 22.1. The maximum atomic E-state index is 12.9. The van der Waals surface area contributed by atoms with E-state index in [2.05, 4.69) is 41.5 Å². The fourth-order valence-corrected chi connectivity index (χ4v) is 9.18. The van der Waals surface area contributed by atoms with Gasteiger partial charge in [-0.05, 0) is 37.0 Å². The van der Waals surface area contributed by atoms with Gasteiger partial charge in [0.05, 0.1) is 0 Å². The third kappa shape index (κ3) is 53.4. The van der Waals surface area contributed by atoms with Crippen molar-refractivity contribution in [1.82, 2.24) is 0 Å². The third-order valence-corrected chi connectivity index (χ3v) is 13.6. The van der Waals surface area contributed by atoms with E-state index in [4.69, 9.17) is 14.2 Å². The van der Waals surface area contributed by atoms with E-state index in [1.165, 1.54) is 212 Å². The normalized spacial score (nSPS) is 12.1. The van der Waals surface area contributed by atoms with Crippen LogP contribution in [0.4, 0.5) is 0 Å². The van der Waals surface area contributed by atoms with Crippen LogP contribution in [-0.2, 0) is 28.6 Å². The Morgan fingerprint density at radius 2 is 0.439 bits per heavy atom. The summed E-state index contributed by atoms with van der Waals surface area (Å²) in [4.78, 5) is 38.2. The summed E-state index contributed by atoms with van der Waals surface area (Å²) >= 11 is 0. The average molecular weight is 934 g/mol. The largest absolute Gasteiger partial charge is 0.462 e. The van der Waals surface area contributed by atoms with Gasteiger partial charge >= 0.3 is 17.9 Å². The number of esters is 3. The number of hydrogen-bond donors (Lipinski definition) is 0. The molecule has 6 nitrogen and oxygen atoms in total. The first-order valence-corrected chi connectivity index (χ1v) is 29.6. The number of hydrogen-bond acceptors (Lipinski definition) is 6. The molecule has 0 aliphatic heterocycles. The lowest BCUT2D eigenvalue weighted by atomic mass is 10.0. The summed E-state index contributed by atoms with van der Waals surface area (Å²) < 4.78 is 16.9. The molecule has 0 radical (unpaired) electrons. The minimum absolute atomic E-state index is 0.0634. The lowest BCUT2D eigenvalue weighted by Crippen LogP contribution is -2.30. The molecule has 0 aromatic rings. The molecule has 0 heterocycles. The highest BCUT2D eigenvalue weighted by molar-refractivity contribution is 5.71. The van der Waals surface area contributed by atoms with E-state index in [9.17, 15) is 14.4 Å². The Labute approximate surface area is 412 Å². The monoisotopic (exact) mass is 933 g/mol. The maximum absolute atomic E-state index is 12.9. The smallest absolute Gasteiger partial charge is 0.306 e. The first-order chi connectivity index (χ1) is 32.1. The second kappa shape index (κ2) is 51.3. The molecule has 1 atom stereocenters. The minimum atomic E-state index is -0.764. The van der Waals surface area contributed by atoms with Gasteiger partial charge in [0.15, 0.2) is 6.10 Å². The average Bonchev–Trinajstić information content (AvgIpc) is 3.28. The Kier molecular flexibility index (Phi) is 50.0. The van der Waals surface area contributed by atoms with Crippen LogP contribution in [0.2, 0.25) is 0 Å². The van der Waals surface area contributed by atoms with Crippen molar-refractivity contribution in [3.05, 3.63) is 0 Å². The van der Waals surface area contributed by atoms with Crippen molar-refractivity contribution in [3.63, 3.8) is 0 Å². The van der Waals surface area contributed by atoms with Gasteiger partial charge in [0.1, 0.15) is 13.2 Å². The van der Waals surface area contributed by atoms with E-state index in [0.29, 0.717) is 19.3 Å². The molecule has 0 unspecified atom stereocenters. The molecule has 0 aromatic carbocycles. The summed E-state index contributed by atoms with van der Waals surface area (Å²) in [5.74, 6) is 1.66. The van der Waals surface area contributed by atoms with Gasteiger partial charge in [-0.3, -0.25) is 14.4 Å². The number of rotatable bonds is 53. The highest BCUT2D eigenvalue weighted by Gasteiger charge is 2.19. The fourth-order valence-electron chi connectivity index (χ4n) is 9.18. The van der Waals surface area contributed by atoms with Crippen molar-refractivity contribution in [2.45, 2.75) is 337 Å². The molecule has 0 amide bonds. The lowest BCUT2D eigenvalue weighted by Gasteiger charge is -2.18. The first kappa shape index (κ1) is 64.4. The van der Waals surface area contributed by atoms with E-state index in [1.54, 1.807) is 0 Å². The van der Waals surface area contributed by atoms with Gasteiger partial charge in [-0.2, -0.15) is 0 Å². The van der Waals surface area contributed by atoms with Crippen LogP contribution in [0.15, 0.2) is 0 Å². The summed E-state index contributed by atoms with van der Waals surface area (Å²) in [7, 11) is 0. The van der Waals surface area contributed by atoms with Gasteiger partial charge in [0.25, 0.3) is 0 Å². The third-order valence-electron chi connectivity index (χ3n) is 13.6. The van der Waals surface area contributed by atoms with Gasteiger partial charge in [-0.1, -0.05) is 292 Å². The molecule has 0 rings (SSSR count). The quantitative estimate of drug-likeness (QED) is 0.0343. The zero-order valence-electron chi connectivity index (χ0n) is 45.5. The van der Waals surface area contributed by atoms with E-state index < -0.39 is 6.10 Å². The topological polar surface area (TPSA) is 78.9 Å². The molecule has 392 valence electrons. The highest BCUT2D eigenvalue weighted by atomic mass is 16.6. The fraction of sp³-hybridized carbons (Fsp3) is 0.950. The SMILES string of the molecule is CC(C)CCCCCCCCCCCCCCCCCC(=O)OC[C@H](COC(=O)CCCCCCCCCCCC(C)C)OC(=O)CCCCCCCCCCCCCCCCCC(C)C. The van der Waals surface area contributed by atoms with E-state index >= 15 is 0 Å². The number of unbranched alkanes of at least 4 members (excludes halogenated alkanes) is 36. The van der Waals surface area contributed by atoms with Crippen molar-refractivity contribution in [3.8, 4) is 0 Å². The van der Waals surface area contributed by atoms with Crippen molar-refractivity contribution < 1.29 is 28.6 Å². The first-order valence-electron chi connectivity index (χ1n) is 29.6. The molecule has 0 spiro atoms. The standard InChI is InChI=1S/C60H116O6/c1-54(2)46-40-34-28-22-17-13-9-7-11-15-19-25-31-37-43-49-58(61)64-52-57(53-65-59(62)50-44-38-32-27-21-24-30-36-42-48-56(5)6)66-60(63)51-45-39-33-26-20-16-12-8-10-14-18-23-29-35-41-47-55(3)4/h54-57H,7-53H2,1-6H3/t57-/m1/s1. The van der Waals surface area contributed by atoms with Crippen LogP contribution in [0, 0.1) is 17.8 Å². The molecule has 0 N–H and O–H groups in total. The highest BCUT2D eigenvalue weighted by Crippen LogP contribution is 2.19. The van der Waals surface area contributed by atoms with Crippen LogP contribution < -0.4 is 0 Å². The van der Waals surface area contributed by atoms with Gasteiger partial charge in [-0.25, -0.2) is 0 Å². The summed E-state index contributed by atoms with van der Waals surface area (Å²) in [6, 6.07) is 0. The van der Waals surface area contributed by atoms with Crippen LogP contribution in [0.5, 0.6) is 0 Å². The molecule has 0 fully saturated rings. The predicted octanol–water partition coefficient (Wildman–Crippen LogP) is 19.5. The Morgan fingerprint density at radius 3 is 0.652 bits per heavy atom. The number of ether oxygens (including phenoxy) is 3. The second-order valence-electron chi connectivity index (χ2n) is 22.1. The summed E-state index contributed by atoms with van der Waals surface area (Å²) in [5.41, 5.74) is 0. The maximum Gasteiger partial charge on any atom is 0.306 e. The molecule has 0 aromatic heterocycles. The number of carbonyl (C=O) groups is 3. The molecular formula is C60H116O6. The van der Waals surface area contributed by atoms with Crippen molar-refractivity contribution >= 4 is 17.9 Å². The van der Waals surface area contributed by atoms with E-state index in [-0.39, 0.29) is 31.1 Å². The Hall–Kier alpha value is -1.59. The predicted molar refractivity (Wildman–Crippen MR) is 284 cm³/mol. The molecule has 66 heavy (non-hydrogen) atoms. The van der Waals surface area contributed by atoms with Gasteiger partial charge < -0.3 is 14.2 Å². The van der Waals surface area contributed by atoms with Gasteiger partial charge in [0.2, 0.25) is 0 Å². The molecule has 6 heteroatoms. The van der Waals surface area contributed by atoms with Crippen LogP contribution >= 0.6 is 0 Å². The van der Waals surface area contributed by atoms with E-state index in [0.717, 1.165) is 75.5 Å². The Morgan fingerprint density at radius 1 is 0.258 bits per heavy atom. The molecule has 0 saturated heterocycles. The van der Waals surface area contributed by atoms with Crippen LogP contribution in [0.1, 0.15) is 330 Å². The summed E-state index contributed by atoms with van der Waals surface area (Å²) in [6.07, 6.45) is 53.8. The molecular weight excluding hydrogens is 817 g/mol. The minimum Gasteiger partial charge on any atom is -0.462 e. The zero-order valence-corrected chi connectivity index (χ0v) is 45.5. The lowest BCUT2D eigenvalue weighted by molar-refractivity contribution is -0.167. The van der Waals surface area contributed by atoms with Crippen LogP contribution in [-0.4, -0.2) is 37.2 Å². The molecule has 0 bridgehead atoms. The van der Waals surface area contributed by atoms with Crippen molar-refractivity contribution in [2.24, 2.45) is 17.8 Å². The Balaban J connectivity index is 4.27. The molecule has 0 saturated carbocycles. The summed E-state index contributed by atoms with van der Waals surface area (Å²) in [5, 5.41) is 0. The van der Waals surface area contributed by atoms with Gasteiger partial charge in [-0.15, -0.1) is 0 Å².